The fourth-order valence-corrected chi connectivity index (χ4v) is 5.59. The number of methoxy groups -OCH3 is 1. The molecule has 3 aromatic rings. The highest BCUT2D eigenvalue weighted by molar-refractivity contribution is 7.89. The molecule has 1 unspecified atom stereocenters. The first-order valence-corrected chi connectivity index (χ1v) is 12.4. The van der Waals surface area contributed by atoms with E-state index in [1.807, 2.05) is 25.1 Å². The van der Waals surface area contributed by atoms with E-state index in [0.717, 1.165) is 23.2 Å². The summed E-state index contributed by atoms with van der Waals surface area (Å²) < 4.78 is 33.5. The van der Waals surface area contributed by atoms with Crippen LogP contribution in [0.5, 0.6) is 5.75 Å². The smallest absolute Gasteiger partial charge is 0.258 e. The van der Waals surface area contributed by atoms with Gasteiger partial charge in [-0.2, -0.15) is 0 Å². The van der Waals surface area contributed by atoms with E-state index < -0.39 is 10.0 Å². The molecule has 8 heteroatoms. The number of sulfonamides is 1. The Morgan fingerprint density at radius 1 is 1.15 bits per heavy atom. The van der Waals surface area contributed by atoms with Gasteiger partial charge in [0.05, 0.1) is 12.0 Å². The predicted molar refractivity (Wildman–Crippen MR) is 130 cm³/mol. The molecule has 0 radical (unpaired) electrons. The molecule has 33 heavy (non-hydrogen) atoms. The molecule has 0 spiro atoms. The van der Waals surface area contributed by atoms with Crippen LogP contribution in [0, 0.1) is 6.92 Å². The molecule has 6 nitrogen and oxygen atoms in total. The maximum absolute atomic E-state index is 13.3. The second kappa shape index (κ2) is 9.17. The van der Waals surface area contributed by atoms with Gasteiger partial charge in [0, 0.05) is 28.9 Å². The summed E-state index contributed by atoms with van der Waals surface area (Å²) in [6.07, 6.45) is 0.741. The van der Waals surface area contributed by atoms with Crippen LogP contribution in [0.25, 0.3) is 0 Å². The highest BCUT2D eigenvalue weighted by Gasteiger charge is 2.32. The number of rotatable bonds is 6. The number of carbonyl (C=O) groups excluding carboxylic acids is 1. The van der Waals surface area contributed by atoms with Gasteiger partial charge in [0.25, 0.3) is 5.91 Å². The molecule has 1 aliphatic heterocycles. The Morgan fingerprint density at radius 3 is 2.58 bits per heavy atom. The molecule has 1 heterocycles. The van der Waals surface area contributed by atoms with Crippen LogP contribution in [-0.4, -0.2) is 27.5 Å². The van der Waals surface area contributed by atoms with Gasteiger partial charge in [-0.25, -0.2) is 13.1 Å². The quantitative estimate of drug-likeness (QED) is 0.549. The first-order valence-electron chi connectivity index (χ1n) is 10.6. The maximum Gasteiger partial charge on any atom is 0.258 e. The third kappa shape index (κ3) is 4.62. The minimum atomic E-state index is -3.74. The van der Waals surface area contributed by atoms with Crippen LogP contribution in [0.4, 0.5) is 5.69 Å². The Bertz CT molecular complexity index is 1310. The minimum absolute atomic E-state index is 0.00402. The summed E-state index contributed by atoms with van der Waals surface area (Å²) >= 11 is 6.09. The SMILES string of the molecule is COc1ccc(C(=O)N2c3cc(CNS(=O)(=O)c4cccc(Cl)c4C)ccc3CC2C)cc1. The lowest BCUT2D eigenvalue weighted by Gasteiger charge is -2.23. The Kier molecular flexibility index (Phi) is 6.47. The zero-order valence-corrected chi connectivity index (χ0v) is 20.2. The van der Waals surface area contributed by atoms with E-state index in [9.17, 15) is 13.2 Å². The van der Waals surface area contributed by atoms with E-state index in [1.54, 1.807) is 55.3 Å². The molecule has 1 amide bonds. The Balaban J connectivity index is 1.57. The van der Waals surface area contributed by atoms with Crippen molar-refractivity contribution in [3.8, 4) is 5.75 Å². The largest absolute Gasteiger partial charge is 0.497 e. The molecular formula is C25H25ClN2O4S. The van der Waals surface area contributed by atoms with Crippen molar-refractivity contribution in [2.45, 2.75) is 37.8 Å². The third-order valence-electron chi connectivity index (χ3n) is 5.89. The van der Waals surface area contributed by atoms with Crippen molar-refractivity contribution in [3.63, 3.8) is 0 Å². The van der Waals surface area contributed by atoms with Gasteiger partial charge in [0.1, 0.15) is 5.75 Å². The molecule has 0 saturated heterocycles. The molecule has 0 aliphatic carbocycles. The molecule has 0 saturated carbocycles. The normalized spacial score (nSPS) is 15.4. The lowest BCUT2D eigenvalue weighted by Crippen LogP contribution is -2.35. The molecular weight excluding hydrogens is 460 g/mol. The van der Waals surface area contributed by atoms with Crippen molar-refractivity contribution >= 4 is 33.2 Å². The fraction of sp³-hybridized carbons (Fsp3) is 0.240. The van der Waals surface area contributed by atoms with Crippen molar-refractivity contribution in [2.75, 3.05) is 12.0 Å². The van der Waals surface area contributed by atoms with Crippen molar-refractivity contribution < 1.29 is 17.9 Å². The summed E-state index contributed by atoms with van der Waals surface area (Å²) in [5, 5.41) is 0.400. The van der Waals surface area contributed by atoms with Gasteiger partial charge in [0.2, 0.25) is 10.0 Å². The van der Waals surface area contributed by atoms with Gasteiger partial charge in [-0.1, -0.05) is 29.8 Å². The predicted octanol–water partition coefficient (Wildman–Crippen LogP) is 4.73. The standard InChI is InChI=1S/C25H25ClN2O4S/c1-16-13-20-8-7-18(15-27-33(30,31)24-6-4-5-22(26)17(24)2)14-23(20)28(16)25(29)19-9-11-21(32-3)12-10-19/h4-12,14,16,27H,13,15H2,1-3H3. The Hall–Kier alpha value is -2.87. The number of ether oxygens (including phenoxy) is 1. The molecule has 0 bridgehead atoms. The topological polar surface area (TPSA) is 75.7 Å². The number of anilines is 1. The minimum Gasteiger partial charge on any atom is -0.497 e. The van der Waals surface area contributed by atoms with Gasteiger partial charge in [-0.3, -0.25) is 4.79 Å². The first kappa shape index (κ1) is 23.3. The van der Waals surface area contributed by atoms with Gasteiger partial charge in [-0.05, 0) is 79.4 Å². The molecule has 3 aromatic carbocycles. The molecule has 0 aromatic heterocycles. The highest BCUT2D eigenvalue weighted by Crippen LogP contribution is 2.34. The maximum atomic E-state index is 13.3. The summed E-state index contributed by atoms with van der Waals surface area (Å²) in [7, 11) is -2.16. The van der Waals surface area contributed by atoms with Crippen LogP contribution in [0.15, 0.2) is 65.6 Å². The molecule has 1 atom stereocenters. The van der Waals surface area contributed by atoms with Gasteiger partial charge < -0.3 is 9.64 Å². The van der Waals surface area contributed by atoms with E-state index in [2.05, 4.69) is 4.72 Å². The summed E-state index contributed by atoms with van der Waals surface area (Å²) in [5.74, 6) is 0.585. The molecule has 172 valence electrons. The number of nitrogens with one attached hydrogen (secondary N) is 1. The number of benzene rings is 3. The Morgan fingerprint density at radius 2 is 1.88 bits per heavy atom. The summed E-state index contributed by atoms with van der Waals surface area (Å²) in [6, 6.07) is 17.5. The van der Waals surface area contributed by atoms with Gasteiger partial charge in [0.15, 0.2) is 0 Å². The van der Waals surface area contributed by atoms with E-state index in [1.165, 1.54) is 6.07 Å². The zero-order chi connectivity index (χ0) is 23.8. The van der Waals surface area contributed by atoms with Crippen molar-refractivity contribution in [1.29, 1.82) is 0 Å². The number of amides is 1. The second-order valence-corrected chi connectivity index (χ2v) is 10.2. The molecule has 1 aliphatic rings. The zero-order valence-electron chi connectivity index (χ0n) is 18.6. The highest BCUT2D eigenvalue weighted by atomic mass is 35.5. The third-order valence-corrected chi connectivity index (χ3v) is 7.85. The van der Waals surface area contributed by atoms with Crippen LogP contribution in [0.1, 0.15) is 34.0 Å². The van der Waals surface area contributed by atoms with Crippen LogP contribution in [0.2, 0.25) is 5.02 Å². The molecule has 0 fully saturated rings. The van der Waals surface area contributed by atoms with Crippen LogP contribution in [-0.2, 0) is 23.0 Å². The van der Waals surface area contributed by atoms with E-state index in [0.29, 0.717) is 21.9 Å². The van der Waals surface area contributed by atoms with E-state index in [-0.39, 0.29) is 23.4 Å². The number of halogens is 1. The number of hydrogen-bond donors (Lipinski definition) is 1. The van der Waals surface area contributed by atoms with Crippen molar-refractivity contribution in [3.05, 3.63) is 87.9 Å². The van der Waals surface area contributed by atoms with E-state index in [4.69, 9.17) is 16.3 Å². The average Bonchev–Trinajstić information content (AvgIpc) is 3.14. The summed E-state index contributed by atoms with van der Waals surface area (Å²) in [5.41, 5.74) is 3.70. The summed E-state index contributed by atoms with van der Waals surface area (Å²) in [4.78, 5) is 15.2. The van der Waals surface area contributed by atoms with E-state index >= 15 is 0 Å². The lowest BCUT2D eigenvalue weighted by atomic mass is 10.1. The summed E-state index contributed by atoms with van der Waals surface area (Å²) in [6.45, 7) is 3.78. The monoisotopic (exact) mass is 484 g/mol. The average molecular weight is 485 g/mol. The van der Waals surface area contributed by atoms with Crippen molar-refractivity contribution in [1.82, 2.24) is 4.72 Å². The molecule has 4 rings (SSSR count). The Labute approximate surface area is 199 Å². The van der Waals surface area contributed by atoms with Crippen LogP contribution < -0.4 is 14.4 Å². The van der Waals surface area contributed by atoms with Crippen molar-refractivity contribution in [2.24, 2.45) is 0 Å². The number of nitrogens with zero attached hydrogens (tertiary/aromatic N) is 1. The lowest BCUT2D eigenvalue weighted by molar-refractivity contribution is 0.0981. The number of carbonyl (C=O) groups is 1. The number of hydrogen-bond acceptors (Lipinski definition) is 4. The van der Waals surface area contributed by atoms with Gasteiger partial charge in [-0.15, -0.1) is 0 Å². The molecule has 1 N–H and O–H groups in total. The van der Waals surface area contributed by atoms with Crippen LogP contribution >= 0.6 is 11.6 Å². The second-order valence-electron chi connectivity index (χ2n) is 8.11. The first-order chi connectivity index (χ1) is 15.7. The fourth-order valence-electron chi connectivity index (χ4n) is 4.08. The van der Waals surface area contributed by atoms with Crippen LogP contribution in [0.3, 0.4) is 0 Å². The number of fused-ring (bicyclic) bond motifs is 1. The van der Waals surface area contributed by atoms with Gasteiger partial charge >= 0.3 is 0 Å².